The Labute approximate surface area is 161 Å². The monoisotopic (exact) mass is 373 g/mol. The molecule has 0 bridgehead atoms. The summed E-state index contributed by atoms with van der Waals surface area (Å²) in [6.45, 7) is 7.28. The molecule has 1 amide bonds. The third-order valence-electron chi connectivity index (χ3n) is 4.25. The molecule has 0 aliphatic heterocycles. The molecule has 2 heterocycles. The third-order valence-corrected chi connectivity index (χ3v) is 4.25. The summed E-state index contributed by atoms with van der Waals surface area (Å²) in [7, 11) is 1.45. The van der Waals surface area contributed by atoms with Crippen molar-refractivity contribution in [3.63, 3.8) is 0 Å². The average molecular weight is 373 g/mol. The number of ether oxygens (including phenoxy) is 1. The number of pyridine rings is 2. The summed E-state index contributed by atoms with van der Waals surface area (Å²) in [6, 6.07) is 9.31. The number of rotatable bonds is 6. The number of nitrogens with one attached hydrogen (secondary N) is 2. The number of hydrogen-bond donors (Lipinski definition) is 2. The van der Waals surface area contributed by atoms with Crippen LogP contribution in [0.4, 0.5) is 0 Å². The zero-order valence-corrected chi connectivity index (χ0v) is 15.4. The second-order valence-electron chi connectivity index (χ2n) is 5.88. The van der Waals surface area contributed by atoms with Crippen LogP contribution in [0.1, 0.15) is 10.4 Å². The first-order chi connectivity index (χ1) is 13.6. The lowest BCUT2D eigenvalue weighted by Gasteiger charge is -2.11. The summed E-state index contributed by atoms with van der Waals surface area (Å²) in [4.78, 5) is 31.8. The van der Waals surface area contributed by atoms with E-state index in [4.69, 9.17) is 4.74 Å². The molecule has 0 aliphatic carbocycles. The first-order valence-electron chi connectivity index (χ1n) is 8.49. The van der Waals surface area contributed by atoms with Gasteiger partial charge in [0.15, 0.2) is 0 Å². The summed E-state index contributed by atoms with van der Waals surface area (Å²) in [5.74, 6) is -0.239. The van der Waals surface area contributed by atoms with Crippen molar-refractivity contribution < 1.29 is 9.53 Å². The number of aromatic amines is 1. The fraction of sp³-hybridized carbons (Fsp3) is 0.0455. The molecule has 6 nitrogen and oxygen atoms in total. The molecule has 0 radical (unpaired) electrons. The smallest absolute Gasteiger partial charge is 0.261 e. The van der Waals surface area contributed by atoms with Gasteiger partial charge in [-0.2, -0.15) is 0 Å². The van der Waals surface area contributed by atoms with Crippen molar-refractivity contribution in [1.82, 2.24) is 15.3 Å². The zero-order valence-electron chi connectivity index (χ0n) is 15.4. The number of carbonyl (C=O) groups is 1. The second kappa shape index (κ2) is 8.18. The number of fused-ring (bicyclic) bond motifs is 1. The largest absolute Gasteiger partial charge is 0.495 e. The van der Waals surface area contributed by atoms with Crippen LogP contribution in [-0.4, -0.2) is 23.0 Å². The van der Waals surface area contributed by atoms with Crippen molar-refractivity contribution in [1.29, 1.82) is 0 Å². The molecule has 0 spiro atoms. The van der Waals surface area contributed by atoms with Crippen LogP contribution >= 0.6 is 0 Å². The third kappa shape index (κ3) is 3.61. The highest BCUT2D eigenvalue weighted by Crippen LogP contribution is 2.27. The van der Waals surface area contributed by atoms with Gasteiger partial charge in [-0.25, -0.2) is 0 Å². The van der Waals surface area contributed by atoms with E-state index < -0.39 is 11.5 Å². The van der Waals surface area contributed by atoms with Gasteiger partial charge in [0.2, 0.25) is 0 Å². The maximum Gasteiger partial charge on any atom is 0.261 e. The van der Waals surface area contributed by atoms with Crippen LogP contribution in [0.25, 0.3) is 21.9 Å². The Bertz CT molecular complexity index is 1150. The Kier molecular flexibility index (Phi) is 5.50. The number of methoxy groups -OCH3 is 1. The molecule has 2 aromatic heterocycles. The van der Waals surface area contributed by atoms with Crippen LogP contribution in [0, 0.1) is 0 Å². The molecule has 0 saturated carbocycles. The van der Waals surface area contributed by atoms with Gasteiger partial charge >= 0.3 is 0 Å². The van der Waals surface area contributed by atoms with Crippen LogP contribution in [0.2, 0.25) is 0 Å². The molecular weight excluding hydrogens is 354 g/mol. The minimum atomic E-state index is -0.581. The summed E-state index contributed by atoms with van der Waals surface area (Å²) in [6.07, 6.45) is 7.90. The number of H-pyrrole nitrogens is 1. The van der Waals surface area contributed by atoms with Gasteiger partial charge in [0, 0.05) is 35.1 Å². The topological polar surface area (TPSA) is 84.1 Å². The van der Waals surface area contributed by atoms with E-state index in [2.05, 4.69) is 28.4 Å². The molecular formula is C22H19N3O3. The molecule has 3 aromatic rings. The van der Waals surface area contributed by atoms with E-state index in [1.165, 1.54) is 19.3 Å². The highest BCUT2D eigenvalue weighted by atomic mass is 16.5. The summed E-state index contributed by atoms with van der Waals surface area (Å²) < 4.78 is 5.14. The molecule has 0 atom stereocenters. The van der Waals surface area contributed by atoms with Gasteiger partial charge in [-0.05, 0) is 23.6 Å². The number of aromatic nitrogens is 2. The van der Waals surface area contributed by atoms with Gasteiger partial charge < -0.3 is 15.0 Å². The van der Waals surface area contributed by atoms with Crippen LogP contribution in [0.3, 0.4) is 0 Å². The lowest BCUT2D eigenvalue weighted by Crippen LogP contribution is -2.29. The minimum absolute atomic E-state index is 0.0377. The van der Waals surface area contributed by atoms with Crippen molar-refractivity contribution in [2.24, 2.45) is 0 Å². The number of hydrogen-bond acceptors (Lipinski definition) is 4. The Morgan fingerprint density at radius 2 is 2.00 bits per heavy atom. The van der Waals surface area contributed by atoms with E-state index in [0.29, 0.717) is 17.0 Å². The Morgan fingerprint density at radius 1 is 1.21 bits per heavy atom. The SMILES string of the molecule is C=C/C(NC(=O)c1cc(-c2cncc3ccccc23)c[nH]c1=O)=C(\C=C)OC. The van der Waals surface area contributed by atoms with Gasteiger partial charge in [-0.1, -0.05) is 37.4 Å². The van der Waals surface area contributed by atoms with Crippen molar-refractivity contribution in [3.05, 3.63) is 102 Å². The van der Waals surface area contributed by atoms with E-state index in [1.807, 2.05) is 24.3 Å². The van der Waals surface area contributed by atoms with E-state index in [1.54, 1.807) is 24.7 Å². The Hall–Kier alpha value is -3.93. The summed E-state index contributed by atoms with van der Waals surface area (Å²) in [5, 5.41) is 4.56. The van der Waals surface area contributed by atoms with E-state index in [-0.39, 0.29) is 5.56 Å². The maximum atomic E-state index is 12.7. The fourth-order valence-corrected chi connectivity index (χ4v) is 2.86. The number of carbonyl (C=O) groups excluding carboxylic acids is 1. The summed E-state index contributed by atoms with van der Waals surface area (Å²) >= 11 is 0. The van der Waals surface area contributed by atoms with E-state index >= 15 is 0 Å². The molecule has 0 fully saturated rings. The zero-order chi connectivity index (χ0) is 20.1. The van der Waals surface area contributed by atoms with Gasteiger partial charge in [-0.15, -0.1) is 0 Å². The molecule has 140 valence electrons. The van der Waals surface area contributed by atoms with Crippen LogP contribution in [0.5, 0.6) is 0 Å². The molecule has 0 unspecified atom stereocenters. The van der Waals surface area contributed by atoms with Crippen LogP contribution in [-0.2, 0) is 4.74 Å². The van der Waals surface area contributed by atoms with Crippen molar-refractivity contribution >= 4 is 16.7 Å². The minimum Gasteiger partial charge on any atom is -0.495 e. The molecule has 0 aliphatic rings. The lowest BCUT2D eigenvalue weighted by atomic mass is 10.0. The van der Waals surface area contributed by atoms with Crippen molar-refractivity contribution in [3.8, 4) is 11.1 Å². The maximum absolute atomic E-state index is 12.7. The van der Waals surface area contributed by atoms with Gasteiger partial charge in [0.1, 0.15) is 11.3 Å². The van der Waals surface area contributed by atoms with Crippen molar-refractivity contribution in [2.45, 2.75) is 0 Å². The highest BCUT2D eigenvalue weighted by molar-refractivity contribution is 5.99. The molecule has 6 heteroatoms. The second-order valence-corrected chi connectivity index (χ2v) is 5.88. The quantitative estimate of drug-likeness (QED) is 0.511. The predicted molar refractivity (Wildman–Crippen MR) is 110 cm³/mol. The molecule has 1 aromatic carbocycles. The Balaban J connectivity index is 2.06. The van der Waals surface area contributed by atoms with Gasteiger partial charge in [0.25, 0.3) is 11.5 Å². The normalized spacial score (nSPS) is 11.5. The standard InChI is InChI=1S/C22H19N3O3/c1-4-19(20(5-2)28-3)25-22(27)17-10-15(12-24-21(17)26)18-13-23-11-14-8-6-7-9-16(14)18/h4-13H,1-2H2,3H3,(H,24,26)(H,25,27)/b20-19-. The number of amides is 1. The first-order valence-corrected chi connectivity index (χ1v) is 8.49. The number of benzene rings is 1. The average Bonchev–Trinajstić information content (AvgIpc) is 2.73. The van der Waals surface area contributed by atoms with Crippen molar-refractivity contribution in [2.75, 3.05) is 7.11 Å². The highest BCUT2D eigenvalue weighted by Gasteiger charge is 2.15. The van der Waals surface area contributed by atoms with Crippen LogP contribution in [0.15, 0.2) is 90.5 Å². The fourth-order valence-electron chi connectivity index (χ4n) is 2.86. The number of nitrogens with zero attached hydrogens (tertiary/aromatic N) is 1. The van der Waals surface area contributed by atoms with Gasteiger partial charge in [-0.3, -0.25) is 14.6 Å². The van der Waals surface area contributed by atoms with E-state index in [0.717, 1.165) is 16.3 Å². The van der Waals surface area contributed by atoms with Crippen LogP contribution < -0.4 is 10.9 Å². The summed E-state index contributed by atoms with van der Waals surface area (Å²) in [5.41, 5.74) is 1.26. The van der Waals surface area contributed by atoms with E-state index in [9.17, 15) is 9.59 Å². The number of allylic oxidation sites excluding steroid dienone is 2. The molecule has 28 heavy (non-hydrogen) atoms. The molecule has 2 N–H and O–H groups in total. The predicted octanol–water partition coefficient (Wildman–Crippen LogP) is 3.55. The molecule has 3 rings (SSSR count). The first kappa shape index (κ1) is 18.8. The molecule has 0 saturated heterocycles. The van der Waals surface area contributed by atoms with Gasteiger partial charge in [0.05, 0.1) is 12.8 Å². The Morgan fingerprint density at radius 3 is 2.71 bits per heavy atom. The lowest BCUT2D eigenvalue weighted by molar-refractivity contribution is 0.0963.